The second kappa shape index (κ2) is 6.38. The summed E-state index contributed by atoms with van der Waals surface area (Å²) in [5, 5.41) is 8.75. The quantitative estimate of drug-likeness (QED) is 0.459. The molecule has 7 heteroatoms. The summed E-state index contributed by atoms with van der Waals surface area (Å²) in [6, 6.07) is 16.2. The smallest absolute Gasteiger partial charge is 0.135 e. The lowest BCUT2D eigenvalue weighted by molar-refractivity contribution is 1.07. The molecule has 0 radical (unpaired) electrons. The topological polar surface area (TPSA) is 88.1 Å². The average Bonchev–Trinajstić information content (AvgIpc) is 3.51. The molecule has 0 saturated carbocycles. The second-order valence-electron chi connectivity index (χ2n) is 7.24. The molecule has 0 aliphatic heterocycles. The fourth-order valence-electron chi connectivity index (χ4n) is 3.82. The molecule has 0 spiro atoms. The summed E-state index contributed by atoms with van der Waals surface area (Å²) in [4.78, 5) is 16.8. The van der Waals surface area contributed by atoms with Crippen molar-refractivity contribution >= 4 is 21.9 Å². The van der Waals surface area contributed by atoms with Crippen LogP contribution < -0.4 is 0 Å². The molecule has 0 amide bonds. The molecule has 5 aromatic heterocycles. The van der Waals surface area contributed by atoms with Crippen molar-refractivity contribution in [2.24, 2.45) is 0 Å². The third kappa shape index (κ3) is 2.60. The maximum atomic E-state index is 4.88. The molecular weight excluding hydrogens is 374 g/mol. The number of fused-ring (bicyclic) bond motifs is 2. The highest BCUT2D eigenvalue weighted by Gasteiger charge is 2.15. The Kier molecular flexibility index (Phi) is 3.55. The highest BCUT2D eigenvalue weighted by molar-refractivity contribution is 5.97. The molecule has 0 saturated heterocycles. The Bertz CT molecular complexity index is 1510. The van der Waals surface area contributed by atoms with Crippen LogP contribution >= 0.6 is 0 Å². The van der Waals surface area contributed by atoms with Gasteiger partial charge < -0.3 is 9.55 Å². The number of pyridine rings is 2. The molecule has 5 heterocycles. The van der Waals surface area contributed by atoms with Crippen LogP contribution in [0, 0.1) is 6.92 Å². The molecule has 0 bridgehead atoms. The molecule has 0 aliphatic carbocycles. The Morgan fingerprint density at radius 1 is 0.967 bits per heavy atom. The maximum absolute atomic E-state index is 4.88. The van der Waals surface area contributed by atoms with Crippen LogP contribution in [0.3, 0.4) is 0 Å². The maximum Gasteiger partial charge on any atom is 0.135 e. The first-order valence-corrected chi connectivity index (χ1v) is 9.65. The lowest BCUT2D eigenvalue weighted by atomic mass is 10.1. The van der Waals surface area contributed by atoms with E-state index in [1.54, 1.807) is 12.4 Å². The van der Waals surface area contributed by atoms with E-state index in [1.165, 1.54) is 0 Å². The van der Waals surface area contributed by atoms with E-state index in [-0.39, 0.29) is 0 Å². The zero-order chi connectivity index (χ0) is 20.1. The predicted octanol–water partition coefficient (Wildman–Crippen LogP) is 4.66. The van der Waals surface area contributed by atoms with Gasteiger partial charge in [0.2, 0.25) is 0 Å². The van der Waals surface area contributed by atoms with Crippen LogP contribution in [0.4, 0.5) is 0 Å². The molecule has 2 N–H and O–H groups in total. The van der Waals surface area contributed by atoms with Crippen molar-refractivity contribution in [1.29, 1.82) is 0 Å². The van der Waals surface area contributed by atoms with Gasteiger partial charge in [-0.1, -0.05) is 6.07 Å². The van der Waals surface area contributed by atoms with Gasteiger partial charge in [-0.25, -0.2) is 9.97 Å². The van der Waals surface area contributed by atoms with Gasteiger partial charge in [-0.2, -0.15) is 5.10 Å². The summed E-state index contributed by atoms with van der Waals surface area (Å²) >= 11 is 0. The minimum atomic E-state index is 0.796. The minimum absolute atomic E-state index is 0.796. The van der Waals surface area contributed by atoms with Crippen molar-refractivity contribution in [2.45, 2.75) is 6.92 Å². The van der Waals surface area contributed by atoms with E-state index in [4.69, 9.17) is 4.98 Å². The van der Waals surface area contributed by atoms with E-state index < -0.39 is 0 Å². The number of aromatic nitrogens is 7. The fourth-order valence-corrected chi connectivity index (χ4v) is 3.82. The van der Waals surface area contributed by atoms with E-state index in [9.17, 15) is 0 Å². The molecule has 144 valence electrons. The Hall–Kier alpha value is -4.26. The fraction of sp³-hybridized carbons (Fsp3) is 0.0435. The van der Waals surface area contributed by atoms with Crippen LogP contribution in [-0.2, 0) is 0 Å². The zero-order valence-electron chi connectivity index (χ0n) is 16.2. The third-order valence-electron chi connectivity index (χ3n) is 5.27. The van der Waals surface area contributed by atoms with Crippen LogP contribution in [0.2, 0.25) is 0 Å². The van der Waals surface area contributed by atoms with E-state index in [2.05, 4.69) is 43.3 Å². The number of hydrogen-bond acceptors (Lipinski definition) is 4. The Labute approximate surface area is 171 Å². The van der Waals surface area contributed by atoms with Gasteiger partial charge in [0.1, 0.15) is 11.2 Å². The van der Waals surface area contributed by atoms with Gasteiger partial charge in [0, 0.05) is 35.1 Å². The number of hydrogen-bond donors (Lipinski definition) is 2. The summed E-state index contributed by atoms with van der Waals surface area (Å²) in [7, 11) is 0. The van der Waals surface area contributed by atoms with Crippen molar-refractivity contribution in [3.05, 3.63) is 79.1 Å². The van der Waals surface area contributed by atoms with Crippen LogP contribution in [0.25, 0.3) is 50.3 Å². The second-order valence-corrected chi connectivity index (χ2v) is 7.24. The number of nitrogens with zero attached hydrogens (tertiary/aromatic N) is 5. The molecule has 6 aromatic rings. The number of H-pyrrole nitrogens is 2. The van der Waals surface area contributed by atoms with Gasteiger partial charge in [-0.05, 0) is 49.4 Å². The Morgan fingerprint density at radius 2 is 1.87 bits per heavy atom. The first-order chi connectivity index (χ1) is 14.8. The zero-order valence-corrected chi connectivity index (χ0v) is 16.2. The average molecular weight is 391 g/mol. The van der Waals surface area contributed by atoms with Gasteiger partial charge in [-0.3, -0.25) is 10.1 Å². The Morgan fingerprint density at radius 3 is 2.70 bits per heavy atom. The van der Waals surface area contributed by atoms with E-state index in [0.29, 0.717) is 0 Å². The monoisotopic (exact) mass is 391 g/mol. The molecule has 6 rings (SSSR count). The van der Waals surface area contributed by atoms with E-state index in [0.717, 1.165) is 56.0 Å². The molecular formula is C23H17N7. The molecule has 0 atom stereocenters. The van der Waals surface area contributed by atoms with Crippen molar-refractivity contribution in [2.75, 3.05) is 0 Å². The van der Waals surface area contributed by atoms with Gasteiger partial charge >= 0.3 is 0 Å². The molecule has 0 unspecified atom stereocenters. The summed E-state index contributed by atoms with van der Waals surface area (Å²) in [5.41, 5.74) is 8.43. The lowest BCUT2D eigenvalue weighted by Gasteiger charge is -2.03. The standard InChI is InChI=1S/C23H17N7/c1-14-12-30(13-25-14)21-4-2-3-18-16(21)11-20(26-18)23-22-19(28-29-23)6-5-17(27-22)15-7-9-24-10-8-15/h2-13,26H,1H3,(H,28,29). The number of aryl methyl sites for hydroxylation is 1. The number of aromatic amines is 2. The van der Waals surface area contributed by atoms with Gasteiger partial charge in [0.25, 0.3) is 0 Å². The summed E-state index contributed by atoms with van der Waals surface area (Å²) in [6.45, 7) is 1.99. The SMILES string of the molecule is Cc1cn(-c2cccc3[nH]c(-c4n[nH]c5ccc(-c6ccncc6)nc45)cc23)cn1. The first-order valence-electron chi connectivity index (χ1n) is 9.65. The molecule has 0 fully saturated rings. The molecule has 7 nitrogen and oxygen atoms in total. The van der Waals surface area contributed by atoms with E-state index >= 15 is 0 Å². The van der Waals surface area contributed by atoms with Crippen LogP contribution in [-0.4, -0.2) is 34.7 Å². The Balaban J connectivity index is 1.52. The highest BCUT2D eigenvalue weighted by atomic mass is 15.1. The normalized spacial score (nSPS) is 11.5. The van der Waals surface area contributed by atoms with Crippen molar-refractivity contribution in [3.8, 4) is 28.3 Å². The van der Waals surface area contributed by atoms with Gasteiger partial charge in [0.05, 0.1) is 34.6 Å². The first kappa shape index (κ1) is 16.7. The lowest BCUT2D eigenvalue weighted by Crippen LogP contribution is -1.89. The van der Waals surface area contributed by atoms with Crippen molar-refractivity contribution < 1.29 is 0 Å². The summed E-state index contributed by atoms with van der Waals surface area (Å²) < 4.78 is 2.04. The number of benzene rings is 1. The van der Waals surface area contributed by atoms with Crippen molar-refractivity contribution in [3.63, 3.8) is 0 Å². The number of nitrogens with one attached hydrogen (secondary N) is 2. The number of rotatable bonds is 3. The molecule has 0 aliphatic rings. The number of imidazole rings is 1. The molecule has 1 aromatic carbocycles. The van der Waals surface area contributed by atoms with E-state index in [1.807, 2.05) is 54.3 Å². The van der Waals surface area contributed by atoms with Crippen LogP contribution in [0.5, 0.6) is 0 Å². The predicted molar refractivity (Wildman–Crippen MR) is 116 cm³/mol. The van der Waals surface area contributed by atoms with Crippen LogP contribution in [0.1, 0.15) is 5.69 Å². The van der Waals surface area contributed by atoms with Gasteiger partial charge in [0.15, 0.2) is 0 Å². The molecule has 30 heavy (non-hydrogen) atoms. The summed E-state index contributed by atoms with van der Waals surface area (Å²) in [5.74, 6) is 0. The third-order valence-corrected chi connectivity index (χ3v) is 5.27. The summed E-state index contributed by atoms with van der Waals surface area (Å²) in [6.07, 6.45) is 7.40. The van der Waals surface area contributed by atoms with Crippen molar-refractivity contribution in [1.82, 2.24) is 34.7 Å². The minimum Gasteiger partial charge on any atom is -0.353 e. The van der Waals surface area contributed by atoms with Crippen LogP contribution in [0.15, 0.2) is 73.4 Å². The largest absolute Gasteiger partial charge is 0.353 e. The van der Waals surface area contributed by atoms with Gasteiger partial charge in [-0.15, -0.1) is 0 Å². The highest BCUT2D eigenvalue weighted by Crippen LogP contribution is 2.31.